The van der Waals surface area contributed by atoms with E-state index in [1.54, 1.807) is 12.2 Å². The molecule has 9 heteroatoms. The van der Waals surface area contributed by atoms with Crippen LogP contribution in [0.4, 0.5) is 0 Å². The van der Waals surface area contributed by atoms with Crippen LogP contribution in [0.3, 0.4) is 0 Å². The molecule has 298 valence electrons. The maximum absolute atomic E-state index is 13.3. The van der Waals surface area contributed by atoms with Gasteiger partial charge in [-0.1, -0.05) is 176 Å². The second-order valence-corrected chi connectivity index (χ2v) is 10.7. The van der Waals surface area contributed by atoms with Crippen LogP contribution in [0.2, 0.25) is 0 Å². The third kappa shape index (κ3) is 40.3. The molecule has 0 bridgehead atoms. The highest BCUT2D eigenvalue weighted by Gasteiger charge is 2.22. The van der Waals surface area contributed by atoms with Crippen molar-refractivity contribution >= 4 is 19.8 Å². The van der Waals surface area contributed by atoms with Crippen LogP contribution in [0.5, 0.6) is 0 Å². The number of hydrogen-bond acceptors (Lipinski definition) is 6. The Hall–Kier alpha value is -2.51. The normalized spacial score (nSPS) is 27.9. The van der Waals surface area contributed by atoms with Crippen LogP contribution in [0.15, 0.2) is 72.9 Å². The van der Waals surface area contributed by atoms with Gasteiger partial charge in [-0.15, -0.1) is 0 Å². The molecule has 8 nitrogen and oxygen atoms in total. The van der Waals surface area contributed by atoms with Crippen molar-refractivity contribution in [2.75, 3.05) is 13.2 Å². The fourth-order valence-corrected chi connectivity index (χ4v) is 3.44. The highest BCUT2D eigenvalue weighted by molar-refractivity contribution is 7.46. The summed E-state index contributed by atoms with van der Waals surface area (Å²) in [6.07, 6.45) is -56.4. The van der Waals surface area contributed by atoms with Crippen LogP contribution in [0.25, 0.3) is 0 Å². The lowest BCUT2D eigenvalue weighted by atomic mass is 10.0. The van der Waals surface area contributed by atoms with E-state index in [-0.39, 0.29) is 6.42 Å². The summed E-state index contributed by atoms with van der Waals surface area (Å²) in [6, 6.07) is 0. The predicted molar refractivity (Wildman–Crippen MR) is 216 cm³/mol. The largest absolute Gasteiger partial charge is 0.469 e. The number of carbonyl (C=O) groups excluding carboxylic acids is 2. The number of allylic oxidation sites excluding steroid dienone is 12. The lowest BCUT2D eigenvalue weighted by Gasteiger charge is -2.18. The Kier molecular flexibility index (Phi) is 12.3. The monoisotopic (exact) mass is 784 g/mol. The third-order valence-electron chi connectivity index (χ3n) is 5.28. The van der Waals surface area contributed by atoms with E-state index in [2.05, 4.69) is 40.5 Å². The molecule has 0 aromatic carbocycles. The van der Waals surface area contributed by atoms with E-state index in [9.17, 15) is 23.9 Å². The van der Waals surface area contributed by atoms with Crippen molar-refractivity contribution in [3.63, 3.8) is 0 Å². The maximum Gasteiger partial charge on any atom is 0.469 e. The molecule has 0 rings (SSSR count). The van der Waals surface area contributed by atoms with Crippen molar-refractivity contribution in [2.24, 2.45) is 0 Å². The Morgan fingerprint density at radius 1 is 0.615 bits per heavy atom. The first kappa shape index (κ1) is 16.7. The molecule has 0 aromatic heterocycles. The molecule has 0 fully saturated rings. The third-order valence-corrected chi connectivity index (χ3v) is 5.76. The van der Waals surface area contributed by atoms with Gasteiger partial charge in [0, 0.05) is 60.8 Å². The molecule has 52 heavy (non-hydrogen) atoms. The number of esters is 2. The fraction of sp³-hybridized carbons (Fsp3) is 0.674. The molecule has 0 aliphatic heterocycles. The molecule has 0 spiro atoms. The number of carbonyl (C=O) groups is 2. The van der Waals surface area contributed by atoms with Crippen molar-refractivity contribution < 1.29 is 85.9 Å². The molecule has 0 saturated heterocycles. The molecule has 0 saturated carbocycles. The van der Waals surface area contributed by atoms with Crippen molar-refractivity contribution in [2.45, 2.75) is 173 Å². The summed E-state index contributed by atoms with van der Waals surface area (Å²) >= 11 is 0. The Morgan fingerprint density at radius 2 is 1.04 bits per heavy atom. The molecule has 0 aliphatic rings. The molecule has 0 heterocycles. The molecule has 0 aliphatic carbocycles. The van der Waals surface area contributed by atoms with Gasteiger partial charge in [-0.05, 0) is 51.3 Å². The topological polar surface area (TPSA) is 119 Å². The molecular weight excluding hydrogens is 675 g/mol. The van der Waals surface area contributed by atoms with Crippen LogP contribution in [0.1, 0.15) is 215 Å². The smallest absolute Gasteiger partial charge is 0.462 e. The van der Waals surface area contributed by atoms with Gasteiger partial charge in [0.2, 0.25) is 0 Å². The zero-order valence-electron chi connectivity index (χ0n) is 63.9. The van der Waals surface area contributed by atoms with E-state index in [0.717, 1.165) is 25.7 Å². The summed E-state index contributed by atoms with van der Waals surface area (Å²) in [6.45, 7) is -4.94. The van der Waals surface area contributed by atoms with Crippen molar-refractivity contribution in [3.8, 4) is 0 Å². The van der Waals surface area contributed by atoms with Gasteiger partial charge in [-0.3, -0.25) is 14.1 Å². The number of ether oxygens (including phenoxy) is 2. The lowest BCUT2D eigenvalue weighted by Crippen LogP contribution is -2.29. The molecule has 2 N–H and O–H groups in total. The summed E-state index contributed by atoms with van der Waals surface area (Å²) in [5, 5.41) is 0. The van der Waals surface area contributed by atoms with Gasteiger partial charge in [-0.2, -0.15) is 0 Å². The molecule has 0 unspecified atom stereocenters. The minimum Gasteiger partial charge on any atom is -0.462 e. The zero-order chi connectivity index (χ0) is 69.4. The van der Waals surface area contributed by atoms with Gasteiger partial charge in [0.05, 0.1) is 6.61 Å². The maximum atomic E-state index is 13.3. The first-order chi connectivity index (χ1) is 38.5. The van der Waals surface area contributed by atoms with Crippen LogP contribution in [-0.2, 0) is 28.2 Å². The van der Waals surface area contributed by atoms with Gasteiger partial charge in [0.15, 0.2) is 6.10 Å². The van der Waals surface area contributed by atoms with E-state index in [4.69, 9.17) is 52.7 Å². The van der Waals surface area contributed by atoms with Gasteiger partial charge >= 0.3 is 19.8 Å². The van der Waals surface area contributed by atoms with Crippen molar-refractivity contribution in [1.82, 2.24) is 0 Å². The first-order valence-corrected chi connectivity index (χ1v) is 17.5. The zero-order valence-corrected chi connectivity index (χ0v) is 29.8. The second-order valence-electron chi connectivity index (χ2n) is 9.45. The number of phosphoric ester groups is 1. The van der Waals surface area contributed by atoms with E-state index in [0.29, 0.717) is 12.8 Å². The summed E-state index contributed by atoms with van der Waals surface area (Å²) in [5.74, 6) is -3.73. The number of phosphoric acid groups is 1. The van der Waals surface area contributed by atoms with Crippen LogP contribution < -0.4 is 0 Å². The Labute approximate surface area is 366 Å². The summed E-state index contributed by atoms with van der Waals surface area (Å²) < 4.78 is 312. The number of rotatable bonds is 36. The highest BCUT2D eigenvalue weighted by Crippen LogP contribution is 2.36. The lowest BCUT2D eigenvalue weighted by molar-refractivity contribution is -0.161. The van der Waals surface area contributed by atoms with Gasteiger partial charge in [0.1, 0.15) is 6.61 Å². The first-order valence-electron chi connectivity index (χ1n) is 33.4. The van der Waals surface area contributed by atoms with Crippen molar-refractivity contribution in [1.29, 1.82) is 0 Å². The number of hydrogen-bond donors (Lipinski definition) is 2. The SMILES string of the molecule is [2H]C([2H])([2H])C([2H])([2H])C([2H])([2H])C([2H])([2H])C([2H])([2H])C([2H])([2H])C([2H])([2H])C([2H])([2H])C([2H])([2H])C([2H])([2H])C([2H])([2H])C([2H])([2H])C([2H])([2H])C([2H])([2H])C([2H])([2H])C([2H])([2H])C([2H])([2H])C(=O)OC[C@H](COP(=O)(O)O)OC(=O)CC/C=C\C/C=C\C/C=C\C/C=C\C/C=C\C/C=C\CC. The molecular formula is C43H73O8P. The Balaban J connectivity index is 6.76. The quantitative estimate of drug-likeness (QED) is 0.0366. The molecule has 0 amide bonds. The highest BCUT2D eigenvalue weighted by atomic mass is 31.2. The molecule has 0 radical (unpaired) electrons. The minimum absolute atomic E-state index is 0.00388. The summed E-state index contributed by atoms with van der Waals surface area (Å²) in [7, 11) is -5.41. The molecule has 1 atom stereocenters. The molecule has 0 aromatic rings. The summed E-state index contributed by atoms with van der Waals surface area (Å²) in [4.78, 5) is 44.4. The van der Waals surface area contributed by atoms with Crippen LogP contribution >= 0.6 is 7.82 Å². The average molecular weight is 784 g/mol. The van der Waals surface area contributed by atoms with Crippen LogP contribution in [-0.4, -0.2) is 41.0 Å². The van der Waals surface area contributed by atoms with E-state index in [1.807, 2.05) is 36.5 Å². The minimum atomic E-state index is -5.41. The van der Waals surface area contributed by atoms with E-state index >= 15 is 0 Å². The van der Waals surface area contributed by atoms with Gasteiger partial charge in [-0.25, -0.2) is 4.57 Å². The predicted octanol–water partition coefficient (Wildman–Crippen LogP) is 12.3. The van der Waals surface area contributed by atoms with Gasteiger partial charge in [0.25, 0.3) is 0 Å². The average Bonchev–Trinajstić information content (AvgIpc) is 0.692. The van der Waals surface area contributed by atoms with Gasteiger partial charge < -0.3 is 19.3 Å². The summed E-state index contributed by atoms with van der Waals surface area (Å²) in [5.41, 5.74) is 0. The Bertz CT molecular complexity index is 2530. The van der Waals surface area contributed by atoms with Crippen LogP contribution in [0, 0.1) is 0 Å². The Morgan fingerprint density at radius 3 is 1.48 bits per heavy atom. The van der Waals surface area contributed by atoms with E-state index in [1.165, 1.54) is 0 Å². The van der Waals surface area contributed by atoms with Crippen molar-refractivity contribution in [3.05, 3.63) is 72.9 Å². The second kappa shape index (κ2) is 38.2. The fourth-order valence-electron chi connectivity index (χ4n) is 3.08. The standard InChI is InChI=1S/C43H73O8P/c1-3-5-7-9-11-13-15-17-19-20-21-22-24-26-28-30-32-34-36-38-43(45)51-41(40-50-52(46,47)48)39-49-42(44)37-35-33-31-29-27-25-23-18-16-14-12-10-8-6-4-2/h5,7,11,13,17,19,21-22,26,28,32,34,41H,3-4,6,8-10,12,14-16,18,20,23-25,27,29-31,33,35-40H2,1-2H3,(H2,46,47,48)/b7-5-,13-11-,19-17-,22-21-,28-26-,34-32-/t41-/m1/s1/i2D3,4D2,6D2,8D2,10D2,12D2,14D2,16D2,18D2,23D2,25D2,27D2,29D2,31D2,33D2,35D2,37D2. The van der Waals surface area contributed by atoms with E-state index < -0.39 is 154 Å².